The first-order chi connectivity index (χ1) is 10.7. The van der Waals surface area contributed by atoms with E-state index in [2.05, 4.69) is 39.6 Å². The summed E-state index contributed by atoms with van der Waals surface area (Å²) >= 11 is 0. The number of ether oxygens (including phenoxy) is 1. The molecule has 4 heteroatoms. The highest BCUT2D eigenvalue weighted by atomic mass is 16.5. The van der Waals surface area contributed by atoms with Crippen molar-refractivity contribution in [1.82, 2.24) is 9.97 Å². The maximum atomic E-state index is 12.2. The van der Waals surface area contributed by atoms with Crippen LogP contribution in [0.1, 0.15) is 71.0 Å². The molecule has 0 aromatic carbocycles. The third-order valence-electron chi connectivity index (χ3n) is 5.90. The Kier molecular flexibility index (Phi) is 3.77. The normalized spacial score (nSPS) is 30.6. The van der Waals surface area contributed by atoms with Crippen LogP contribution in [0.15, 0.2) is 0 Å². The number of carbonyl (C=O) groups excluding carboxylic acids is 1. The van der Waals surface area contributed by atoms with Crippen molar-refractivity contribution < 1.29 is 9.53 Å². The minimum absolute atomic E-state index is 0.0445. The second-order valence-electron chi connectivity index (χ2n) is 8.45. The number of nitrogens with zero attached hydrogens (tertiary/aromatic N) is 2. The Hall–Kier alpha value is -1.45. The van der Waals surface area contributed by atoms with E-state index in [0.29, 0.717) is 18.1 Å². The minimum atomic E-state index is -0.123. The van der Waals surface area contributed by atoms with Gasteiger partial charge in [-0.05, 0) is 25.2 Å². The highest BCUT2D eigenvalue weighted by molar-refractivity contribution is 5.82. The largest absolute Gasteiger partial charge is 0.481 e. The first-order valence-electron chi connectivity index (χ1n) is 8.67. The molecular weight excluding hydrogens is 288 g/mol. The fourth-order valence-electron chi connectivity index (χ4n) is 4.40. The summed E-state index contributed by atoms with van der Waals surface area (Å²) in [7, 11) is 1.69. The average Bonchev–Trinajstić information content (AvgIpc) is 2.49. The topological polar surface area (TPSA) is 52.1 Å². The molecular formula is C19H28N2O2. The van der Waals surface area contributed by atoms with E-state index in [0.717, 1.165) is 42.2 Å². The van der Waals surface area contributed by atoms with Crippen LogP contribution in [0, 0.1) is 11.8 Å². The van der Waals surface area contributed by atoms with E-state index in [-0.39, 0.29) is 16.7 Å². The van der Waals surface area contributed by atoms with Crippen LogP contribution in [0.25, 0.3) is 0 Å². The van der Waals surface area contributed by atoms with Gasteiger partial charge in [-0.3, -0.25) is 4.79 Å². The molecule has 0 bridgehead atoms. The molecule has 3 atom stereocenters. The van der Waals surface area contributed by atoms with E-state index >= 15 is 0 Å². The second kappa shape index (κ2) is 5.29. The first-order valence-corrected chi connectivity index (χ1v) is 8.67. The molecule has 4 nitrogen and oxygen atoms in total. The lowest BCUT2D eigenvalue weighted by molar-refractivity contribution is -0.128. The van der Waals surface area contributed by atoms with Gasteiger partial charge in [-0.1, -0.05) is 34.6 Å². The number of rotatable bonds is 1. The SMILES string of the molecule is COc1nc(C(C)(C)C)nc2c1CC[C@H]1[C@H](C)C(=O)CC[C@]21C. The molecule has 126 valence electrons. The van der Waals surface area contributed by atoms with Gasteiger partial charge < -0.3 is 4.74 Å². The van der Waals surface area contributed by atoms with Crippen LogP contribution in [0.3, 0.4) is 0 Å². The number of hydrogen-bond donors (Lipinski definition) is 0. The highest BCUT2D eigenvalue weighted by Crippen LogP contribution is 2.51. The Labute approximate surface area is 139 Å². The van der Waals surface area contributed by atoms with Crippen molar-refractivity contribution in [2.75, 3.05) is 7.11 Å². The van der Waals surface area contributed by atoms with Crippen molar-refractivity contribution in [2.45, 2.75) is 71.1 Å². The maximum absolute atomic E-state index is 12.2. The molecule has 0 saturated heterocycles. The zero-order valence-electron chi connectivity index (χ0n) is 15.2. The smallest absolute Gasteiger partial charge is 0.219 e. The Morgan fingerprint density at radius 1 is 1.22 bits per heavy atom. The van der Waals surface area contributed by atoms with Gasteiger partial charge >= 0.3 is 0 Å². The van der Waals surface area contributed by atoms with E-state index in [1.807, 2.05) is 0 Å². The molecule has 1 heterocycles. The summed E-state index contributed by atoms with van der Waals surface area (Å²) in [6.07, 6.45) is 3.47. The summed E-state index contributed by atoms with van der Waals surface area (Å²) in [5.41, 5.74) is 2.12. The lowest BCUT2D eigenvalue weighted by atomic mass is 9.56. The quantitative estimate of drug-likeness (QED) is 0.794. The number of hydrogen-bond acceptors (Lipinski definition) is 4. The number of Topliss-reactive ketones (excluding diaryl/α,β-unsaturated/α-hetero) is 1. The van der Waals surface area contributed by atoms with E-state index in [1.165, 1.54) is 0 Å². The zero-order chi connectivity index (χ0) is 17.0. The van der Waals surface area contributed by atoms with Gasteiger partial charge in [-0.2, -0.15) is 4.98 Å². The second-order valence-corrected chi connectivity index (χ2v) is 8.45. The van der Waals surface area contributed by atoms with E-state index in [9.17, 15) is 4.79 Å². The van der Waals surface area contributed by atoms with Crippen LogP contribution in [0.5, 0.6) is 5.88 Å². The third kappa shape index (κ3) is 2.47. The Bertz CT molecular complexity index is 648. The van der Waals surface area contributed by atoms with Crippen LogP contribution in [0.4, 0.5) is 0 Å². The summed E-state index contributed by atoms with van der Waals surface area (Å²) in [6, 6.07) is 0. The van der Waals surface area contributed by atoms with E-state index < -0.39 is 0 Å². The maximum Gasteiger partial charge on any atom is 0.219 e. The van der Waals surface area contributed by atoms with E-state index in [4.69, 9.17) is 9.72 Å². The Morgan fingerprint density at radius 3 is 2.52 bits per heavy atom. The van der Waals surface area contributed by atoms with Crippen LogP contribution in [0.2, 0.25) is 0 Å². The molecule has 2 aliphatic rings. The monoisotopic (exact) mass is 316 g/mol. The molecule has 1 saturated carbocycles. The molecule has 0 spiro atoms. The standard InChI is InChI=1S/C19H28N2O2/c1-11-13-8-7-12-15(19(13,5)10-9-14(11)22)20-17(18(2,3)4)21-16(12)23-6/h11,13H,7-10H2,1-6H3/t11-,13-,19-/m0/s1. The van der Waals surface area contributed by atoms with Crippen molar-refractivity contribution in [3.05, 3.63) is 17.1 Å². The van der Waals surface area contributed by atoms with Crippen LogP contribution in [-0.4, -0.2) is 22.9 Å². The Morgan fingerprint density at radius 2 is 1.91 bits per heavy atom. The highest BCUT2D eigenvalue weighted by Gasteiger charge is 2.50. The summed E-state index contributed by atoms with van der Waals surface area (Å²) in [5.74, 6) is 2.47. The molecule has 23 heavy (non-hydrogen) atoms. The number of fused-ring (bicyclic) bond motifs is 3. The molecule has 1 aromatic heterocycles. The van der Waals surface area contributed by atoms with E-state index in [1.54, 1.807) is 7.11 Å². The molecule has 0 radical (unpaired) electrons. The van der Waals surface area contributed by atoms with Crippen molar-refractivity contribution >= 4 is 5.78 Å². The summed E-state index contributed by atoms with van der Waals surface area (Å²) in [4.78, 5) is 21.9. The van der Waals surface area contributed by atoms with Gasteiger partial charge in [0.25, 0.3) is 0 Å². The number of carbonyl (C=O) groups is 1. The molecule has 0 aliphatic heterocycles. The van der Waals surface area contributed by atoms with Crippen LogP contribution >= 0.6 is 0 Å². The first kappa shape index (κ1) is 16.4. The van der Waals surface area contributed by atoms with Gasteiger partial charge in [0.2, 0.25) is 5.88 Å². The predicted molar refractivity (Wildman–Crippen MR) is 89.9 cm³/mol. The number of methoxy groups -OCH3 is 1. The predicted octanol–water partition coefficient (Wildman–Crippen LogP) is 3.60. The molecule has 2 aliphatic carbocycles. The van der Waals surface area contributed by atoms with Gasteiger partial charge in [0.05, 0.1) is 12.8 Å². The molecule has 0 N–H and O–H groups in total. The summed E-state index contributed by atoms with van der Waals surface area (Å²) < 4.78 is 5.60. The van der Waals surface area contributed by atoms with Crippen LogP contribution in [-0.2, 0) is 22.0 Å². The number of aromatic nitrogens is 2. The fourth-order valence-corrected chi connectivity index (χ4v) is 4.40. The Balaban J connectivity index is 2.19. The fraction of sp³-hybridized carbons (Fsp3) is 0.737. The molecule has 0 amide bonds. The minimum Gasteiger partial charge on any atom is -0.481 e. The lowest BCUT2D eigenvalue weighted by Crippen LogP contribution is -2.47. The van der Waals surface area contributed by atoms with Crippen molar-refractivity contribution in [3.8, 4) is 5.88 Å². The van der Waals surface area contributed by atoms with Gasteiger partial charge in [-0.25, -0.2) is 4.98 Å². The van der Waals surface area contributed by atoms with Crippen molar-refractivity contribution in [2.24, 2.45) is 11.8 Å². The molecule has 1 fully saturated rings. The van der Waals surface area contributed by atoms with Crippen LogP contribution < -0.4 is 4.74 Å². The zero-order valence-corrected chi connectivity index (χ0v) is 15.2. The number of ketones is 1. The summed E-state index contributed by atoms with van der Waals surface area (Å²) in [5, 5.41) is 0. The third-order valence-corrected chi connectivity index (χ3v) is 5.90. The molecule has 1 aromatic rings. The average molecular weight is 316 g/mol. The van der Waals surface area contributed by atoms with Gasteiger partial charge in [0.1, 0.15) is 11.6 Å². The molecule has 3 rings (SSSR count). The van der Waals surface area contributed by atoms with Crippen molar-refractivity contribution in [3.63, 3.8) is 0 Å². The van der Waals surface area contributed by atoms with Crippen molar-refractivity contribution in [1.29, 1.82) is 0 Å². The molecule has 0 unspecified atom stereocenters. The lowest BCUT2D eigenvalue weighted by Gasteiger charge is -2.48. The van der Waals surface area contributed by atoms with Gasteiger partial charge in [-0.15, -0.1) is 0 Å². The van der Waals surface area contributed by atoms with Gasteiger partial charge in [0, 0.05) is 28.7 Å². The summed E-state index contributed by atoms with van der Waals surface area (Å²) in [6.45, 7) is 10.8. The van der Waals surface area contributed by atoms with Gasteiger partial charge in [0.15, 0.2) is 0 Å².